The summed E-state index contributed by atoms with van der Waals surface area (Å²) in [4.78, 5) is 10.3. The molecular weight excluding hydrogens is 175 g/mol. The lowest BCUT2D eigenvalue weighted by Gasteiger charge is -2.08. The van der Waals surface area contributed by atoms with Crippen LogP contribution in [0.2, 0.25) is 0 Å². The molecule has 0 saturated heterocycles. The van der Waals surface area contributed by atoms with Crippen LogP contribution in [0, 0.1) is 11.3 Å². The van der Waals surface area contributed by atoms with Crippen molar-refractivity contribution in [3.05, 3.63) is 0 Å². The molecule has 0 aliphatic rings. The van der Waals surface area contributed by atoms with Crippen LogP contribution in [0.15, 0.2) is 0 Å². The van der Waals surface area contributed by atoms with Crippen LogP contribution in [0.4, 0.5) is 18.0 Å². The van der Waals surface area contributed by atoms with Crippen LogP contribution in [0.3, 0.4) is 0 Å². The fourth-order valence-corrected chi connectivity index (χ4v) is 0.405. The number of alkyl halides is 3. The molecule has 0 fully saturated rings. The summed E-state index contributed by atoms with van der Waals surface area (Å²) in [5.74, 6) is 0. The van der Waals surface area contributed by atoms with Gasteiger partial charge in [0.15, 0.2) is 0 Å². The van der Waals surface area contributed by atoms with Crippen molar-refractivity contribution in [2.75, 3.05) is 6.54 Å². The molecule has 0 aromatic heterocycles. The zero-order valence-electron chi connectivity index (χ0n) is 5.90. The van der Waals surface area contributed by atoms with Crippen molar-refractivity contribution in [1.29, 1.82) is 5.26 Å². The summed E-state index contributed by atoms with van der Waals surface area (Å²) in [5.41, 5.74) is 0. The Morgan fingerprint density at radius 1 is 1.50 bits per heavy atom. The van der Waals surface area contributed by atoms with E-state index in [9.17, 15) is 18.0 Å². The zero-order chi connectivity index (χ0) is 9.61. The molecule has 0 radical (unpaired) electrons. The van der Waals surface area contributed by atoms with Gasteiger partial charge in [-0.05, 0) is 0 Å². The van der Waals surface area contributed by atoms with Crippen molar-refractivity contribution >= 4 is 6.03 Å². The summed E-state index contributed by atoms with van der Waals surface area (Å²) in [6, 6.07) is 0.313. The quantitative estimate of drug-likeness (QED) is 0.487. The van der Waals surface area contributed by atoms with E-state index in [2.05, 4.69) is 0 Å². The van der Waals surface area contributed by atoms with E-state index in [4.69, 9.17) is 5.26 Å². The minimum Gasteiger partial charge on any atom is -0.337 e. The van der Waals surface area contributed by atoms with Crippen LogP contribution in [0.1, 0.15) is 6.42 Å². The van der Waals surface area contributed by atoms with Crippen LogP contribution in [0.25, 0.3) is 0 Å². The fraction of sp³-hybridized carbons (Fsp3) is 0.600. The predicted octanol–water partition coefficient (Wildman–Crippen LogP) is 0.719. The standard InChI is InChI=1S/C5H6F3N3O/c6-5(7,8)11-4(12)10-3-1-2-9/h1,3H2,(H2,10,11,12). The summed E-state index contributed by atoms with van der Waals surface area (Å²) in [7, 11) is 0. The van der Waals surface area contributed by atoms with E-state index in [0.717, 1.165) is 5.32 Å². The van der Waals surface area contributed by atoms with E-state index in [1.165, 1.54) is 0 Å². The monoisotopic (exact) mass is 181 g/mol. The molecule has 0 heterocycles. The molecule has 68 valence electrons. The van der Waals surface area contributed by atoms with Gasteiger partial charge in [-0.2, -0.15) is 18.4 Å². The van der Waals surface area contributed by atoms with Crippen molar-refractivity contribution in [1.82, 2.24) is 10.6 Å². The van der Waals surface area contributed by atoms with Gasteiger partial charge in [-0.15, -0.1) is 0 Å². The first-order chi connectivity index (χ1) is 5.45. The third-order valence-corrected chi connectivity index (χ3v) is 0.778. The Morgan fingerprint density at radius 2 is 2.08 bits per heavy atom. The van der Waals surface area contributed by atoms with Gasteiger partial charge in [-0.3, -0.25) is 0 Å². The molecule has 0 saturated carbocycles. The number of nitrogens with zero attached hydrogens (tertiary/aromatic N) is 1. The average Bonchev–Trinajstić information content (AvgIpc) is 1.84. The van der Waals surface area contributed by atoms with E-state index in [0.29, 0.717) is 0 Å². The van der Waals surface area contributed by atoms with Crippen LogP contribution in [-0.4, -0.2) is 18.9 Å². The summed E-state index contributed by atoms with van der Waals surface area (Å²) in [6.45, 7) is -0.0988. The number of carbonyl (C=O) groups excluding carboxylic acids is 1. The highest BCUT2D eigenvalue weighted by Crippen LogP contribution is 2.08. The molecule has 2 N–H and O–H groups in total. The van der Waals surface area contributed by atoms with E-state index < -0.39 is 12.3 Å². The first kappa shape index (κ1) is 10.6. The van der Waals surface area contributed by atoms with Gasteiger partial charge in [0.2, 0.25) is 0 Å². The van der Waals surface area contributed by atoms with Crippen molar-refractivity contribution in [2.45, 2.75) is 12.7 Å². The number of hydrogen-bond acceptors (Lipinski definition) is 2. The van der Waals surface area contributed by atoms with Crippen molar-refractivity contribution in [3.63, 3.8) is 0 Å². The van der Waals surface area contributed by atoms with Crippen LogP contribution in [0.5, 0.6) is 0 Å². The number of nitrogens with one attached hydrogen (secondary N) is 2. The summed E-state index contributed by atoms with van der Waals surface area (Å²) in [5, 5.41) is 10.5. The molecule has 0 aliphatic heterocycles. The molecule has 0 aromatic rings. The van der Waals surface area contributed by atoms with Gasteiger partial charge in [0.1, 0.15) is 0 Å². The normalized spacial score (nSPS) is 10.2. The largest absolute Gasteiger partial charge is 0.485 e. The average molecular weight is 181 g/mol. The number of rotatable bonds is 2. The maximum Gasteiger partial charge on any atom is 0.485 e. The lowest BCUT2D eigenvalue weighted by Crippen LogP contribution is -2.44. The molecule has 0 aromatic carbocycles. The van der Waals surface area contributed by atoms with Gasteiger partial charge < -0.3 is 5.32 Å². The molecule has 2 amide bonds. The molecule has 0 aliphatic carbocycles. The second-order valence-electron chi connectivity index (χ2n) is 1.79. The number of halogens is 3. The smallest absolute Gasteiger partial charge is 0.337 e. The molecule has 0 rings (SSSR count). The van der Waals surface area contributed by atoms with Gasteiger partial charge in [0.25, 0.3) is 0 Å². The third kappa shape index (κ3) is 6.67. The van der Waals surface area contributed by atoms with Gasteiger partial charge >= 0.3 is 12.3 Å². The van der Waals surface area contributed by atoms with Crippen LogP contribution < -0.4 is 10.6 Å². The topological polar surface area (TPSA) is 64.9 Å². The highest BCUT2D eigenvalue weighted by molar-refractivity contribution is 5.74. The number of urea groups is 1. The van der Waals surface area contributed by atoms with Gasteiger partial charge in [-0.1, -0.05) is 0 Å². The number of hydrogen-bond donors (Lipinski definition) is 2. The molecule has 0 bridgehead atoms. The predicted molar refractivity (Wildman–Crippen MR) is 32.8 cm³/mol. The maximum atomic E-state index is 11.4. The Hall–Kier alpha value is -1.45. The first-order valence-corrected chi connectivity index (χ1v) is 2.95. The molecule has 7 heteroatoms. The molecule has 0 unspecified atom stereocenters. The minimum absolute atomic E-state index is 0.0225. The van der Waals surface area contributed by atoms with Gasteiger partial charge in [-0.25, -0.2) is 10.1 Å². The Labute approximate surface area is 66.3 Å². The Balaban J connectivity index is 3.56. The fourth-order valence-electron chi connectivity index (χ4n) is 0.405. The third-order valence-electron chi connectivity index (χ3n) is 0.778. The lowest BCUT2D eigenvalue weighted by atomic mass is 10.5. The highest BCUT2D eigenvalue weighted by atomic mass is 19.4. The Bertz CT molecular complexity index is 195. The van der Waals surface area contributed by atoms with E-state index in [1.54, 1.807) is 6.07 Å². The maximum absolute atomic E-state index is 11.4. The van der Waals surface area contributed by atoms with Crippen LogP contribution in [-0.2, 0) is 0 Å². The zero-order valence-corrected chi connectivity index (χ0v) is 5.90. The highest BCUT2D eigenvalue weighted by Gasteiger charge is 2.29. The minimum atomic E-state index is -4.73. The summed E-state index contributed by atoms with van der Waals surface area (Å²) < 4.78 is 34.1. The van der Waals surface area contributed by atoms with Crippen LogP contribution >= 0.6 is 0 Å². The summed E-state index contributed by atoms with van der Waals surface area (Å²) >= 11 is 0. The SMILES string of the molecule is N#CCCNC(=O)NC(F)(F)F. The Kier molecular flexibility index (Phi) is 3.90. The number of amides is 2. The van der Waals surface area contributed by atoms with E-state index in [-0.39, 0.29) is 13.0 Å². The Morgan fingerprint density at radius 3 is 2.50 bits per heavy atom. The second-order valence-corrected chi connectivity index (χ2v) is 1.79. The molecular formula is C5H6F3N3O. The summed E-state index contributed by atoms with van der Waals surface area (Å²) in [6.07, 6.45) is -4.75. The molecule has 4 nitrogen and oxygen atoms in total. The molecule has 12 heavy (non-hydrogen) atoms. The van der Waals surface area contributed by atoms with Crippen molar-refractivity contribution in [2.24, 2.45) is 0 Å². The molecule has 0 spiro atoms. The van der Waals surface area contributed by atoms with Gasteiger partial charge in [0, 0.05) is 6.54 Å². The second kappa shape index (κ2) is 4.43. The first-order valence-electron chi connectivity index (χ1n) is 2.95. The number of nitriles is 1. The van der Waals surface area contributed by atoms with E-state index in [1.807, 2.05) is 5.32 Å². The van der Waals surface area contributed by atoms with Gasteiger partial charge in [0.05, 0.1) is 12.5 Å². The van der Waals surface area contributed by atoms with E-state index >= 15 is 0 Å². The lowest BCUT2D eigenvalue weighted by molar-refractivity contribution is -0.145. The van der Waals surface area contributed by atoms with Crippen molar-refractivity contribution in [3.8, 4) is 6.07 Å². The number of carbonyl (C=O) groups is 1. The molecule has 0 atom stereocenters. The van der Waals surface area contributed by atoms with Crippen molar-refractivity contribution < 1.29 is 18.0 Å².